The maximum Gasteiger partial charge on any atom is 0.421 e. The average Bonchev–Trinajstić information content (AvgIpc) is 3.27. The molecule has 36 heavy (non-hydrogen) atoms. The predicted octanol–water partition coefficient (Wildman–Crippen LogP) is 5.71. The summed E-state index contributed by atoms with van der Waals surface area (Å²) in [6, 6.07) is 9.62. The zero-order chi connectivity index (χ0) is 26.3. The standard InChI is InChI=1S/C27H34FN3O4S/c1-5-7-14-35-27(32)30-36(33,34)25-11-8-20(15-19(3)4)16-23(25)21-9-10-22(24(28)17-21)18-31-13-12-29-26(31)6-2/h8-13,16-17,19H,5-7,14-15,18H2,1-4H3,(H,30,32). The molecule has 0 spiro atoms. The van der Waals surface area contributed by atoms with Crippen molar-refractivity contribution in [1.82, 2.24) is 14.3 Å². The largest absolute Gasteiger partial charge is 0.449 e. The van der Waals surface area contributed by atoms with Crippen molar-refractivity contribution in [1.29, 1.82) is 0 Å². The van der Waals surface area contributed by atoms with Crippen molar-refractivity contribution >= 4 is 16.1 Å². The number of nitrogens with one attached hydrogen (secondary N) is 1. The van der Waals surface area contributed by atoms with E-state index in [1.54, 1.807) is 36.7 Å². The Morgan fingerprint density at radius 1 is 1.17 bits per heavy atom. The van der Waals surface area contributed by atoms with Crippen LogP contribution < -0.4 is 4.72 Å². The topological polar surface area (TPSA) is 90.3 Å². The Balaban J connectivity index is 1.98. The lowest BCUT2D eigenvalue weighted by atomic mass is 9.97. The van der Waals surface area contributed by atoms with Crippen LogP contribution in [0.25, 0.3) is 11.1 Å². The van der Waals surface area contributed by atoms with Crippen LogP contribution in [0.4, 0.5) is 9.18 Å². The lowest BCUT2D eigenvalue weighted by Gasteiger charge is -2.15. The fraction of sp³-hybridized carbons (Fsp3) is 0.407. The van der Waals surface area contributed by atoms with E-state index in [1.807, 2.05) is 23.1 Å². The van der Waals surface area contributed by atoms with Gasteiger partial charge in [-0.05, 0) is 48.1 Å². The second kappa shape index (κ2) is 12.2. The van der Waals surface area contributed by atoms with Crippen molar-refractivity contribution in [3.63, 3.8) is 0 Å². The summed E-state index contributed by atoms with van der Waals surface area (Å²) in [4.78, 5) is 16.2. The van der Waals surface area contributed by atoms with Crippen molar-refractivity contribution < 1.29 is 22.3 Å². The number of carbonyl (C=O) groups is 1. The van der Waals surface area contributed by atoms with Crippen LogP contribution in [0.2, 0.25) is 0 Å². The smallest absolute Gasteiger partial charge is 0.421 e. The van der Waals surface area contributed by atoms with E-state index in [9.17, 15) is 13.2 Å². The Labute approximate surface area is 212 Å². The minimum atomic E-state index is -4.25. The third-order valence-electron chi connectivity index (χ3n) is 5.75. The zero-order valence-electron chi connectivity index (χ0n) is 21.3. The number of hydrogen-bond acceptors (Lipinski definition) is 5. The molecular formula is C27H34FN3O4S. The van der Waals surface area contributed by atoms with Gasteiger partial charge in [0.15, 0.2) is 0 Å². The molecule has 7 nitrogen and oxygen atoms in total. The number of nitrogens with zero attached hydrogens (tertiary/aromatic N) is 2. The lowest BCUT2D eigenvalue weighted by Crippen LogP contribution is -2.31. The summed E-state index contributed by atoms with van der Waals surface area (Å²) in [5, 5.41) is 0. The van der Waals surface area contributed by atoms with Gasteiger partial charge in [0.05, 0.1) is 18.0 Å². The molecule has 1 N–H and O–H groups in total. The van der Waals surface area contributed by atoms with Gasteiger partial charge >= 0.3 is 6.09 Å². The van der Waals surface area contributed by atoms with Gasteiger partial charge in [-0.25, -0.2) is 27.3 Å². The minimum Gasteiger partial charge on any atom is -0.449 e. The summed E-state index contributed by atoms with van der Waals surface area (Å²) in [5.74, 6) is 0.743. The number of hydrogen-bond donors (Lipinski definition) is 1. The highest BCUT2D eigenvalue weighted by atomic mass is 32.2. The van der Waals surface area contributed by atoms with E-state index in [0.717, 1.165) is 30.7 Å². The molecule has 0 bridgehead atoms. The average molecular weight is 516 g/mol. The number of aromatic nitrogens is 2. The Bertz CT molecular complexity index is 1300. The van der Waals surface area contributed by atoms with Crippen molar-refractivity contribution in [3.05, 3.63) is 71.6 Å². The molecule has 0 aliphatic rings. The van der Waals surface area contributed by atoms with Gasteiger partial charge in [-0.2, -0.15) is 0 Å². The highest BCUT2D eigenvalue weighted by Gasteiger charge is 2.24. The molecule has 0 aliphatic heterocycles. The van der Waals surface area contributed by atoms with Crippen LogP contribution in [0.1, 0.15) is 57.5 Å². The van der Waals surface area contributed by atoms with E-state index in [0.29, 0.717) is 35.6 Å². The maximum atomic E-state index is 15.2. The summed E-state index contributed by atoms with van der Waals surface area (Å²) in [6.45, 7) is 8.49. The van der Waals surface area contributed by atoms with E-state index in [4.69, 9.17) is 4.74 Å². The molecule has 1 heterocycles. The molecule has 0 atom stereocenters. The summed E-state index contributed by atoms with van der Waals surface area (Å²) in [7, 11) is -4.25. The number of ether oxygens (including phenoxy) is 1. The fourth-order valence-electron chi connectivity index (χ4n) is 3.96. The number of carbonyl (C=O) groups excluding carboxylic acids is 1. The van der Waals surface area contributed by atoms with Crippen LogP contribution in [-0.2, 0) is 34.1 Å². The summed E-state index contributed by atoms with van der Waals surface area (Å²) >= 11 is 0. The number of aryl methyl sites for hydroxylation is 1. The normalized spacial score (nSPS) is 11.6. The summed E-state index contributed by atoms with van der Waals surface area (Å²) < 4.78 is 50.3. The van der Waals surface area contributed by atoms with Crippen LogP contribution in [-0.4, -0.2) is 30.7 Å². The van der Waals surface area contributed by atoms with Crippen LogP contribution in [0.5, 0.6) is 0 Å². The number of benzene rings is 2. The third-order valence-corrected chi connectivity index (χ3v) is 7.12. The van der Waals surface area contributed by atoms with Gasteiger partial charge in [0.25, 0.3) is 10.0 Å². The van der Waals surface area contributed by atoms with Gasteiger partial charge in [0, 0.05) is 29.9 Å². The lowest BCUT2D eigenvalue weighted by molar-refractivity contribution is 0.151. The number of amides is 1. The molecular weight excluding hydrogens is 481 g/mol. The summed E-state index contributed by atoms with van der Waals surface area (Å²) in [5.41, 5.74) is 2.11. The second-order valence-corrected chi connectivity index (χ2v) is 10.8. The minimum absolute atomic E-state index is 0.113. The van der Waals surface area contributed by atoms with Gasteiger partial charge in [-0.15, -0.1) is 0 Å². The molecule has 0 fully saturated rings. The highest BCUT2D eigenvalue weighted by molar-refractivity contribution is 7.90. The molecule has 0 unspecified atom stereocenters. The number of halogens is 1. The first-order chi connectivity index (χ1) is 17.1. The van der Waals surface area contributed by atoms with Gasteiger partial charge < -0.3 is 9.30 Å². The van der Waals surface area contributed by atoms with Crippen LogP contribution in [0, 0.1) is 11.7 Å². The Morgan fingerprint density at radius 3 is 2.61 bits per heavy atom. The van der Waals surface area contributed by atoms with E-state index in [-0.39, 0.29) is 11.5 Å². The van der Waals surface area contributed by atoms with Gasteiger partial charge in [-0.3, -0.25) is 0 Å². The molecule has 1 aromatic heterocycles. The number of imidazole rings is 1. The van der Waals surface area contributed by atoms with E-state index in [1.165, 1.54) is 12.1 Å². The highest BCUT2D eigenvalue weighted by Crippen LogP contribution is 2.31. The van der Waals surface area contributed by atoms with Crippen LogP contribution in [0.3, 0.4) is 0 Å². The molecule has 194 valence electrons. The van der Waals surface area contributed by atoms with Gasteiger partial charge in [0.1, 0.15) is 11.6 Å². The van der Waals surface area contributed by atoms with Crippen molar-refractivity contribution in [2.45, 2.75) is 64.8 Å². The monoisotopic (exact) mass is 515 g/mol. The Kier molecular flexibility index (Phi) is 9.25. The molecule has 0 radical (unpaired) electrons. The van der Waals surface area contributed by atoms with E-state index >= 15 is 4.39 Å². The molecule has 1 amide bonds. The third kappa shape index (κ3) is 6.94. The van der Waals surface area contributed by atoms with E-state index < -0.39 is 21.9 Å². The molecule has 3 aromatic rings. The molecule has 0 saturated heterocycles. The van der Waals surface area contributed by atoms with Crippen molar-refractivity contribution in [3.8, 4) is 11.1 Å². The molecule has 0 saturated carbocycles. The predicted molar refractivity (Wildman–Crippen MR) is 138 cm³/mol. The Hall–Kier alpha value is -3.20. The summed E-state index contributed by atoms with van der Waals surface area (Å²) in [6.07, 6.45) is 5.34. The number of sulfonamides is 1. The molecule has 0 aliphatic carbocycles. The first kappa shape index (κ1) is 27.4. The van der Waals surface area contributed by atoms with Crippen molar-refractivity contribution in [2.75, 3.05) is 6.61 Å². The number of unbranched alkanes of at least 4 members (excludes halogenated alkanes) is 1. The van der Waals surface area contributed by atoms with E-state index in [2.05, 4.69) is 18.8 Å². The zero-order valence-corrected chi connectivity index (χ0v) is 22.1. The quantitative estimate of drug-likeness (QED) is 0.330. The second-order valence-electron chi connectivity index (χ2n) is 9.15. The first-order valence-corrected chi connectivity index (χ1v) is 13.7. The number of rotatable bonds is 11. The maximum absolute atomic E-state index is 15.2. The molecule has 2 aromatic carbocycles. The van der Waals surface area contributed by atoms with Crippen LogP contribution >= 0.6 is 0 Å². The van der Waals surface area contributed by atoms with Crippen LogP contribution in [0.15, 0.2) is 53.7 Å². The first-order valence-electron chi connectivity index (χ1n) is 12.3. The molecule has 3 rings (SSSR count). The fourth-order valence-corrected chi connectivity index (χ4v) is 5.07. The Morgan fingerprint density at radius 2 is 1.94 bits per heavy atom. The molecule has 9 heteroatoms. The van der Waals surface area contributed by atoms with Gasteiger partial charge in [0.2, 0.25) is 0 Å². The van der Waals surface area contributed by atoms with Gasteiger partial charge in [-0.1, -0.05) is 52.3 Å². The van der Waals surface area contributed by atoms with Crippen molar-refractivity contribution in [2.24, 2.45) is 5.92 Å². The SMILES string of the molecule is CCCCOC(=O)NS(=O)(=O)c1ccc(CC(C)C)cc1-c1ccc(Cn2ccnc2CC)c(F)c1.